The van der Waals surface area contributed by atoms with Crippen LogP contribution in [-0.2, 0) is 16.6 Å². The highest BCUT2D eigenvalue weighted by Crippen LogP contribution is 2.39. The molecule has 7 heteroatoms. The summed E-state index contributed by atoms with van der Waals surface area (Å²) in [6, 6.07) is 6.22. The van der Waals surface area contributed by atoms with E-state index in [2.05, 4.69) is 38.9 Å². The van der Waals surface area contributed by atoms with Crippen LogP contribution >= 0.6 is 0 Å². The normalized spacial score (nSPS) is 26.8. The number of nitrogens with zero attached hydrogens (tertiary/aromatic N) is 3. The predicted octanol–water partition coefficient (Wildman–Crippen LogP) is 1.41. The topological polar surface area (TPSA) is 88.9 Å². The summed E-state index contributed by atoms with van der Waals surface area (Å²) in [6.45, 7) is 3.32. The van der Waals surface area contributed by atoms with Crippen molar-refractivity contribution in [3.8, 4) is 0 Å². The van der Waals surface area contributed by atoms with Gasteiger partial charge in [0.25, 0.3) is 0 Å². The highest BCUT2D eigenvalue weighted by atomic mass is 16.5. The van der Waals surface area contributed by atoms with Gasteiger partial charge in [-0.15, -0.1) is 0 Å². The lowest BCUT2D eigenvalue weighted by molar-refractivity contribution is 0.00198. The van der Waals surface area contributed by atoms with Crippen LogP contribution in [0.2, 0.25) is 0 Å². The van der Waals surface area contributed by atoms with Gasteiger partial charge < -0.3 is 14.6 Å². The molecule has 2 aliphatic rings. The molecule has 2 aromatic heterocycles. The van der Waals surface area contributed by atoms with Crippen molar-refractivity contribution in [2.24, 2.45) is 5.92 Å². The Morgan fingerprint density at radius 2 is 2.33 bits per heavy atom. The first-order valence-corrected chi connectivity index (χ1v) is 8.37. The maximum atomic E-state index is 5.73. The number of hydrogen-bond acceptors (Lipinski definition) is 6. The lowest BCUT2D eigenvalue weighted by atomic mass is 9.75. The lowest BCUT2D eigenvalue weighted by Gasteiger charge is -2.34. The molecule has 4 heterocycles. The average Bonchev–Trinajstić information content (AvgIpc) is 3.33. The van der Waals surface area contributed by atoms with Gasteiger partial charge in [0.1, 0.15) is 0 Å². The Hall–Kier alpha value is -2.25. The molecular formula is C17H19N5O2. The van der Waals surface area contributed by atoms with E-state index in [1.165, 1.54) is 0 Å². The van der Waals surface area contributed by atoms with E-state index in [1.807, 2.05) is 6.20 Å². The minimum absolute atomic E-state index is 0.156. The van der Waals surface area contributed by atoms with Crippen molar-refractivity contribution in [1.82, 2.24) is 25.7 Å². The van der Waals surface area contributed by atoms with E-state index in [0.717, 1.165) is 54.3 Å². The summed E-state index contributed by atoms with van der Waals surface area (Å²) in [5.74, 6) is 1.95. The van der Waals surface area contributed by atoms with Crippen LogP contribution in [0.25, 0.3) is 10.9 Å². The standard InChI is InChI=1S/C17H19N5O2/c1-2-12-7-19-21-14(12)5-11(1)6-15-20-16(24-22-15)17-9-18-8-13(17)3-4-23-10-17/h1-2,5,7,13,18H,3-4,6,8-10H2,(H,19,21)/t13-,17+/m1/s1. The van der Waals surface area contributed by atoms with Gasteiger partial charge in [0.05, 0.1) is 23.7 Å². The maximum Gasteiger partial charge on any atom is 0.236 e. The largest absolute Gasteiger partial charge is 0.380 e. The third kappa shape index (κ3) is 2.16. The number of hydrogen-bond donors (Lipinski definition) is 2. The zero-order chi connectivity index (χ0) is 16.0. The first-order valence-electron chi connectivity index (χ1n) is 8.37. The van der Waals surface area contributed by atoms with Gasteiger partial charge in [0.2, 0.25) is 5.89 Å². The molecule has 2 N–H and O–H groups in total. The Labute approximate surface area is 138 Å². The fourth-order valence-electron chi connectivity index (χ4n) is 3.95. The Balaban J connectivity index is 1.42. The number of fused-ring (bicyclic) bond motifs is 2. The highest BCUT2D eigenvalue weighted by Gasteiger charge is 2.50. The Morgan fingerprint density at radius 1 is 1.33 bits per heavy atom. The molecule has 7 nitrogen and oxygen atoms in total. The SMILES string of the molecule is c1cc2cn[nH]c2cc1Cc1noc([C@]23CNC[C@H]2CCOC3)n1. The van der Waals surface area contributed by atoms with Crippen LogP contribution in [-0.4, -0.2) is 46.6 Å². The van der Waals surface area contributed by atoms with Crippen molar-refractivity contribution in [2.75, 3.05) is 26.3 Å². The van der Waals surface area contributed by atoms with Crippen molar-refractivity contribution >= 4 is 10.9 Å². The molecule has 124 valence electrons. The van der Waals surface area contributed by atoms with Crippen LogP contribution in [0.3, 0.4) is 0 Å². The Morgan fingerprint density at radius 3 is 3.33 bits per heavy atom. The van der Waals surface area contributed by atoms with Crippen LogP contribution in [0.4, 0.5) is 0 Å². The molecule has 0 bridgehead atoms. The molecule has 2 saturated heterocycles. The molecule has 0 spiro atoms. The van der Waals surface area contributed by atoms with E-state index < -0.39 is 0 Å². The fraction of sp³-hybridized carbons (Fsp3) is 0.471. The zero-order valence-corrected chi connectivity index (χ0v) is 13.3. The molecule has 3 aromatic rings. The maximum absolute atomic E-state index is 5.73. The van der Waals surface area contributed by atoms with Crippen LogP contribution in [0.15, 0.2) is 28.9 Å². The third-order valence-corrected chi connectivity index (χ3v) is 5.35. The van der Waals surface area contributed by atoms with Crippen LogP contribution in [0, 0.1) is 5.92 Å². The molecule has 0 unspecified atom stereocenters. The van der Waals surface area contributed by atoms with Gasteiger partial charge in [-0.3, -0.25) is 5.10 Å². The van der Waals surface area contributed by atoms with E-state index >= 15 is 0 Å². The summed E-state index contributed by atoms with van der Waals surface area (Å²) < 4.78 is 11.4. The number of aromatic nitrogens is 4. The van der Waals surface area contributed by atoms with E-state index in [0.29, 0.717) is 18.9 Å². The molecular weight excluding hydrogens is 306 g/mol. The van der Waals surface area contributed by atoms with Gasteiger partial charge in [0, 0.05) is 25.0 Å². The highest BCUT2D eigenvalue weighted by molar-refractivity contribution is 5.78. The molecule has 0 radical (unpaired) electrons. The van der Waals surface area contributed by atoms with Crippen LogP contribution in [0.1, 0.15) is 23.7 Å². The summed E-state index contributed by atoms with van der Waals surface area (Å²) in [5, 5.41) is 15.8. The van der Waals surface area contributed by atoms with E-state index in [-0.39, 0.29) is 5.41 Å². The molecule has 1 aromatic carbocycles. The zero-order valence-electron chi connectivity index (χ0n) is 13.3. The fourth-order valence-corrected chi connectivity index (χ4v) is 3.95. The Bertz CT molecular complexity index is 873. The number of H-pyrrole nitrogens is 1. The number of ether oxygens (including phenoxy) is 1. The van der Waals surface area contributed by atoms with Crippen LogP contribution < -0.4 is 5.32 Å². The summed E-state index contributed by atoms with van der Waals surface area (Å²) in [5.41, 5.74) is 2.00. The van der Waals surface area contributed by atoms with Crippen LogP contribution in [0.5, 0.6) is 0 Å². The number of aromatic amines is 1. The minimum atomic E-state index is -0.156. The quantitative estimate of drug-likeness (QED) is 0.757. The van der Waals surface area contributed by atoms with Gasteiger partial charge in [-0.2, -0.15) is 10.1 Å². The monoisotopic (exact) mass is 325 g/mol. The summed E-state index contributed by atoms with van der Waals surface area (Å²) in [4.78, 5) is 4.71. The van der Waals surface area contributed by atoms with Gasteiger partial charge in [-0.25, -0.2) is 0 Å². The summed E-state index contributed by atoms with van der Waals surface area (Å²) in [7, 11) is 0. The minimum Gasteiger partial charge on any atom is -0.380 e. The molecule has 0 saturated carbocycles. The molecule has 0 aliphatic carbocycles. The van der Waals surface area contributed by atoms with E-state index in [9.17, 15) is 0 Å². The summed E-state index contributed by atoms with van der Waals surface area (Å²) >= 11 is 0. The van der Waals surface area contributed by atoms with Crippen molar-refractivity contribution < 1.29 is 9.26 Å². The van der Waals surface area contributed by atoms with Gasteiger partial charge in [0.15, 0.2) is 5.82 Å². The summed E-state index contributed by atoms with van der Waals surface area (Å²) in [6.07, 6.45) is 3.51. The Kier molecular flexibility index (Phi) is 3.17. The second-order valence-electron chi connectivity index (χ2n) is 6.81. The second-order valence-corrected chi connectivity index (χ2v) is 6.81. The van der Waals surface area contributed by atoms with Crippen molar-refractivity contribution in [1.29, 1.82) is 0 Å². The third-order valence-electron chi connectivity index (χ3n) is 5.35. The van der Waals surface area contributed by atoms with Crippen molar-refractivity contribution in [3.05, 3.63) is 41.7 Å². The van der Waals surface area contributed by atoms with Gasteiger partial charge in [-0.1, -0.05) is 17.3 Å². The number of rotatable bonds is 3. The molecule has 2 fully saturated rings. The van der Waals surface area contributed by atoms with E-state index in [4.69, 9.17) is 14.2 Å². The predicted molar refractivity (Wildman–Crippen MR) is 86.7 cm³/mol. The van der Waals surface area contributed by atoms with Gasteiger partial charge >= 0.3 is 0 Å². The average molecular weight is 325 g/mol. The van der Waals surface area contributed by atoms with Gasteiger partial charge in [-0.05, 0) is 30.5 Å². The smallest absolute Gasteiger partial charge is 0.236 e. The number of nitrogens with one attached hydrogen (secondary N) is 2. The molecule has 2 aliphatic heterocycles. The molecule has 0 amide bonds. The molecule has 2 atom stereocenters. The molecule has 24 heavy (non-hydrogen) atoms. The van der Waals surface area contributed by atoms with E-state index in [1.54, 1.807) is 0 Å². The first kappa shape index (κ1) is 14.1. The molecule has 5 rings (SSSR count). The van der Waals surface area contributed by atoms with Crippen molar-refractivity contribution in [3.63, 3.8) is 0 Å². The van der Waals surface area contributed by atoms with Crippen molar-refractivity contribution in [2.45, 2.75) is 18.3 Å². The lowest BCUT2D eigenvalue weighted by Crippen LogP contribution is -2.44. The number of benzene rings is 1. The second kappa shape index (κ2) is 5.39. The first-order chi connectivity index (χ1) is 11.8.